The van der Waals surface area contributed by atoms with Crippen molar-refractivity contribution in [3.8, 4) is 5.69 Å². The molecule has 0 unspecified atom stereocenters. The van der Waals surface area contributed by atoms with Crippen LogP contribution in [0.5, 0.6) is 0 Å². The standard InChI is InChI=1S/C20H19ClF3N3/c1-14-18(19(21)27(25-14)17-6-4-3-5-7-17)13-26(2)12-15-8-10-16(11-9-15)20(22,23)24/h3-11H,12-13H2,1-2H3. The zero-order chi connectivity index (χ0) is 19.6. The van der Waals surface area contributed by atoms with Crippen LogP contribution in [0.4, 0.5) is 13.2 Å². The third-order valence-electron chi connectivity index (χ3n) is 4.28. The topological polar surface area (TPSA) is 21.1 Å². The van der Waals surface area contributed by atoms with Crippen molar-refractivity contribution in [3.05, 3.63) is 82.1 Å². The van der Waals surface area contributed by atoms with Crippen molar-refractivity contribution in [3.63, 3.8) is 0 Å². The van der Waals surface area contributed by atoms with Gasteiger partial charge in [0.2, 0.25) is 0 Å². The van der Waals surface area contributed by atoms with E-state index in [1.54, 1.807) is 4.68 Å². The molecule has 0 aliphatic carbocycles. The van der Waals surface area contributed by atoms with Gasteiger partial charge in [0.05, 0.1) is 16.9 Å². The fourth-order valence-electron chi connectivity index (χ4n) is 2.89. The molecule has 0 atom stereocenters. The molecule has 3 nitrogen and oxygen atoms in total. The summed E-state index contributed by atoms with van der Waals surface area (Å²) in [4.78, 5) is 1.99. The number of rotatable bonds is 5. The molecule has 0 amide bonds. The van der Waals surface area contributed by atoms with Gasteiger partial charge in [-0.25, -0.2) is 4.68 Å². The third-order valence-corrected chi connectivity index (χ3v) is 4.67. The Balaban J connectivity index is 1.73. The lowest BCUT2D eigenvalue weighted by Gasteiger charge is -2.17. The maximum absolute atomic E-state index is 12.7. The van der Waals surface area contributed by atoms with Crippen molar-refractivity contribution in [1.82, 2.24) is 14.7 Å². The van der Waals surface area contributed by atoms with Gasteiger partial charge in [0.15, 0.2) is 0 Å². The van der Waals surface area contributed by atoms with E-state index in [-0.39, 0.29) is 0 Å². The second-order valence-corrected chi connectivity index (χ2v) is 6.83. The molecule has 0 aliphatic heterocycles. The Bertz CT molecular complexity index is 903. The number of alkyl halides is 3. The van der Waals surface area contributed by atoms with Gasteiger partial charge < -0.3 is 0 Å². The summed E-state index contributed by atoms with van der Waals surface area (Å²) in [5, 5.41) is 5.05. The third kappa shape index (κ3) is 4.51. The summed E-state index contributed by atoms with van der Waals surface area (Å²) in [5.74, 6) is 0. The summed E-state index contributed by atoms with van der Waals surface area (Å²) in [6.07, 6.45) is -4.32. The first kappa shape index (κ1) is 19.5. The van der Waals surface area contributed by atoms with E-state index in [9.17, 15) is 13.2 Å². The van der Waals surface area contributed by atoms with Gasteiger partial charge in [0.25, 0.3) is 0 Å². The summed E-state index contributed by atoms with van der Waals surface area (Å²) in [6.45, 7) is 2.94. The molecule has 0 saturated carbocycles. The average Bonchev–Trinajstić information content (AvgIpc) is 2.90. The Morgan fingerprint density at radius 1 is 1.00 bits per heavy atom. The molecule has 2 aromatic carbocycles. The van der Waals surface area contributed by atoms with E-state index in [4.69, 9.17) is 11.6 Å². The van der Waals surface area contributed by atoms with Gasteiger partial charge in [0.1, 0.15) is 5.15 Å². The Hall–Kier alpha value is -2.31. The van der Waals surface area contributed by atoms with Crippen molar-refractivity contribution in [2.45, 2.75) is 26.2 Å². The SMILES string of the molecule is Cc1nn(-c2ccccc2)c(Cl)c1CN(C)Cc1ccc(C(F)(F)F)cc1. The van der Waals surface area contributed by atoms with Crippen molar-refractivity contribution in [2.24, 2.45) is 0 Å². The van der Waals surface area contributed by atoms with Crippen molar-refractivity contribution in [2.75, 3.05) is 7.05 Å². The smallest absolute Gasteiger partial charge is 0.298 e. The van der Waals surface area contributed by atoms with E-state index in [1.807, 2.05) is 49.2 Å². The highest BCUT2D eigenvalue weighted by Gasteiger charge is 2.29. The van der Waals surface area contributed by atoms with Crippen LogP contribution >= 0.6 is 11.6 Å². The Kier molecular flexibility index (Phi) is 5.58. The Morgan fingerprint density at radius 3 is 2.22 bits per heavy atom. The van der Waals surface area contributed by atoms with Crippen LogP contribution in [0.15, 0.2) is 54.6 Å². The summed E-state index contributed by atoms with van der Waals surface area (Å²) >= 11 is 6.53. The molecule has 7 heteroatoms. The largest absolute Gasteiger partial charge is 0.416 e. The summed E-state index contributed by atoms with van der Waals surface area (Å²) in [6, 6.07) is 14.8. The van der Waals surface area contributed by atoms with E-state index >= 15 is 0 Å². The number of para-hydroxylation sites is 1. The van der Waals surface area contributed by atoms with E-state index in [0.29, 0.717) is 18.2 Å². The van der Waals surface area contributed by atoms with Crippen LogP contribution in [0.2, 0.25) is 5.15 Å². The molecule has 0 spiro atoms. The first-order valence-corrected chi connectivity index (χ1v) is 8.77. The zero-order valence-corrected chi connectivity index (χ0v) is 15.7. The lowest BCUT2D eigenvalue weighted by Crippen LogP contribution is -2.18. The lowest BCUT2D eigenvalue weighted by atomic mass is 10.1. The number of nitrogens with zero attached hydrogens (tertiary/aromatic N) is 3. The van der Waals surface area contributed by atoms with Crippen LogP contribution in [0.25, 0.3) is 5.69 Å². The summed E-state index contributed by atoms with van der Waals surface area (Å²) in [7, 11) is 1.90. The van der Waals surface area contributed by atoms with Gasteiger partial charge in [-0.05, 0) is 43.8 Å². The van der Waals surface area contributed by atoms with E-state index in [0.717, 1.165) is 34.6 Å². The zero-order valence-electron chi connectivity index (χ0n) is 15.0. The highest BCUT2D eigenvalue weighted by molar-refractivity contribution is 6.30. The molecule has 27 heavy (non-hydrogen) atoms. The number of aryl methyl sites for hydroxylation is 1. The van der Waals surface area contributed by atoms with Crippen molar-refractivity contribution >= 4 is 11.6 Å². The minimum absolute atomic E-state index is 0.504. The van der Waals surface area contributed by atoms with E-state index in [1.165, 1.54) is 12.1 Å². The number of benzene rings is 2. The molecule has 1 aromatic heterocycles. The van der Waals surface area contributed by atoms with E-state index in [2.05, 4.69) is 5.10 Å². The van der Waals surface area contributed by atoms with Gasteiger partial charge in [-0.3, -0.25) is 4.90 Å². The Morgan fingerprint density at radius 2 is 1.63 bits per heavy atom. The van der Waals surface area contributed by atoms with Crippen molar-refractivity contribution < 1.29 is 13.2 Å². The van der Waals surface area contributed by atoms with Gasteiger partial charge >= 0.3 is 6.18 Å². The molecule has 1 heterocycles. The predicted octanol–water partition coefficient (Wildman–Crippen LogP) is 5.48. The molecular formula is C20H19ClF3N3. The molecule has 0 aliphatic rings. The van der Waals surface area contributed by atoms with Gasteiger partial charge in [-0.2, -0.15) is 18.3 Å². The molecule has 0 N–H and O–H groups in total. The number of hydrogen-bond donors (Lipinski definition) is 0. The first-order chi connectivity index (χ1) is 12.8. The minimum Gasteiger partial charge on any atom is -0.298 e. The van der Waals surface area contributed by atoms with Gasteiger partial charge in [-0.1, -0.05) is 41.9 Å². The normalized spacial score (nSPS) is 12.0. The van der Waals surface area contributed by atoms with Gasteiger partial charge in [0, 0.05) is 18.7 Å². The molecule has 3 rings (SSSR count). The number of halogens is 4. The summed E-state index contributed by atoms with van der Waals surface area (Å²) in [5.41, 5.74) is 2.76. The molecule has 0 saturated heterocycles. The molecule has 0 bridgehead atoms. The number of hydrogen-bond acceptors (Lipinski definition) is 2. The molecule has 142 valence electrons. The quantitative estimate of drug-likeness (QED) is 0.572. The van der Waals surface area contributed by atoms with Crippen LogP contribution in [0.3, 0.4) is 0 Å². The van der Waals surface area contributed by atoms with Crippen LogP contribution in [0.1, 0.15) is 22.4 Å². The monoisotopic (exact) mass is 393 g/mol. The maximum Gasteiger partial charge on any atom is 0.416 e. The van der Waals surface area contributed by atoms with Crippen molar-refractivity contribution in [1.29, 1.82) is 0 Å². The Labute approximate surface area is 161 Å². The molecular weight excluding hydrogens is 375 g/mol. The second kappa shape index (κ2) is 7.74. The predicted molar refractivity (Wildman–Crippen MR) is 99.9 cm³/mol. The first-order valence-electron chi connectivity index (χ1n) is 8.40. The average molecular weight is 394 g/mol. The summed E-state index contributed by atoms with van der Waals surface area (Å²) < 4.78 is 39.7. The molecule has 0 fully saturated rings. The maximum atomic E-state index is 12.7. The van der Waals surface area contributed by atoms with E-state index < -0.39 is 11.7 Å². The molecule has 3 aromatic rings. The highest BCUT2D eigenvalue weighted by Crippen LogP contribution is 2.29. The molecule has 0 radical (unpaired) electrons. The highest BCUT2D eigenvalue weighted by atomic mass is 35.5. The number of aromatic nitrogens is 2. The van der Waals surface area contributed by atoms with Gasteiger partial charge in [-0.15, -0.1) is 0 Å². The second-order valence-electron chi connectivity index (χ2n) is 6.47. The van der Waals surface area contributed by atoms with Crippen LogP contribution in [-0.4, -0.2) is 21.7 Å². The van der Waals surface area contributed by atoms with Crippen LogP contribution < -0.4 is 0 Å². The minimum atomic E-state index is -4.32. The fraction of sp³-hybridized carbons (Fsp3) is 0.250. The lowest BCUT2D eigenvalue weighted by molar-refractivity contribution is -0.137. The van der Waals surface area contributed by atoms with Crippen LogP contribution in [0, 0.1) is 6.92 Å². The van der Waals surface area contributed by atoms with Crippen LogP contribution in [-0.2, 0) is 19.3 Å². The fourth-order valence-corrected chi connectivity index (χ4v) is 3.22.